The summed E-state index contributed by atoms with van der Waals surface area (Å²) in [6.45, 7) is 0.212. The van der Waals surface area contributed by atoms with E-state index >= 15 is 0 Å². The maximum Gasteiger partial charge on any atom is 0.233 e. The van der Waals surface area contributed by atoms with E-state index in [4.69, 9.17) is 4.74 Å². The summed E-state index contributed by atoms with van der Waals surface area (Å²) in [5.74, 6) is 1.52. The van der Waals surface area contributed by atoms with Gasteiger partial charge < -0.3 is 9.64 Å². The van der Waals surface area contributed by atoms with Crippen LogP contribution in [0.3, 0.4) is 0 Å². The molecule has 6 heteroatoms. The topological polar surface area (TPSA) is 75.3 Å². The first-order valence-electron chi connectivity index (χ1n) is 9.20. The number of carbonyl (C=O) groups is 2. The van der Waals surface area contributed by atoms with Crippen LogP contribution < -0.4 is 9.64 Å². The Hall–Kier alpha value is -2.63. The van der Waals surface area contributed by atoms with E-state index in [1.165, 1.54) is 6.42 Å². The van der Waals surface area contributed by atoms with Crippen LogP contribution in [0, 0.1) is 17.8 Å². The highest BCUT2D eigenvalue weighted by atomic mass is 16.5. The molecular weight excluding hydrogens is 330 g/mol. The Kier molecular flexibility index (Phi) is 3.42. The van der Waals surface area contributed by atoms with E-state index in [1.54, 1.807) is 11.9 Å². The summed E-state index contributed by atoms with van der Waals surface area (Å²) in [7, 11) is 1.73. The molecule has 2 aromatic rings. The van der Waals surface area contributed by atoms with E-state index in [9.17, 15) is 9.59 Å². The van der Waals surface area contributed by atoms with Gasteiger partial charge in [0.05, 0.1) is 11.6 Å². The van der Waals surface area contributed by atoms with Crippen molar-refractivity contribution in [3.8, 4) is 5.75 Å². The quantitative estimate of drug-likeness (QED) is 0.862. The summed E-state index contributed by atoms with van der Waals surface area (Å²) in [5, 5.41) is 7.34. The Morgan fingerprint density at radius 3 is 3.00 bits per heavy atom. The second-order valence-electron chi connectivity index (χ2n) is 7.69. The van der Waals surface area contributed by atoms with Gasteiger partial charge in [-0.15, -0.1) is 0 Å². The molecule has 2 unspecified atom stereocenters. The lowest BCUT2D eigenvalue weighted by Gasteiger charge is -2.19. The summed E-state index contributed by atoms with van der Waals surface area (Å²) in [4.78, 5) is 27.3. The Labute approximate surface area is 151 Å². The van der Waals surface area contributed by atoms with Gasteiger partial charge in [0, 0.05) is 24.7 Å². The average molecular weight is 351 g/mol. The lowest BCUT2D eigenvalue weighted by atomic mass is 9.92. The number of fused-ring (bicyclic) bond motifs is 3. The summed E-state index contributed by atoms with van der Waals surface area (Å²) in [6.07, 6.45) is 3.33. The average Bonchev–Trinajstić information content (AvgIpc) is 3.32. The predicted octanol–water partition coefficient (Wildman–Crippen LogP) is 2.39. The number of aromatic amines is 1. The monoisotopic (exact) mass is 351 g/mol. The van der Waals surface area contributed by atoms with Crippen LogP contribution in [0.1, 0.15) is 34.6 Å². The first kappa shape index (κ1) is 15.6. The van der Waals surface area contributed by atoms with Gasteiger partial charge in [0.1, 0.15) is 18.1 Å². The summed E-state index contributed by atoms with van der Waals surface area (Å²) in [6, 6.07) is 7.45. The van der Waals surface area contributed by atoms with Gasteiger partial charge in [-0.25, -0.2) is 0 Å². The Morgan fingerprint density at radius 1 is 1.31 bits per heavy atom. The van der Waals surface area contributed by atoms with Crippen molar-refractivity contribution >= 4 is 17.4 Å². The molecule has 5 rings (SSSR count). The SMILES string of the molecule is CN1C(=O)[C@@H](CC(=O)c2n[nH]c3c2CC2CC2C3)COc2ccccc21. The van der Waals surface area contributed by atoms with Crippen molar-refractivity contribution in [2.75, 3.05) is 18.6 Å². The number of Topliss-reactive ketones (excluding diaryl/α,β-unsaturated/α-hetero) is 1. The minimum Gasteiger partial charge on any atom is -0.491 e. The van der Waals surface area contributed by atoms with Crippen molar-refractivity contribution < 1.29 is 14.3 Å². The van der Waals surface area contributed by atoms with Crippen LogP contribution in [0.15, 0.2) is 24.3 Å². The normalized spacial score (nSPS) is 26.3. The van der Waals surface area contributed by atoms with Crippen LogP contribution in [0.2, 0.25) is 0 Å². The fourth-order valence-electron chi connectivity index (χ4n) is 4.33. The molecule has 1 aromatic carbocycles. The molecule has 3 atom stereocenters. The van der Waals surface area contributed by atoms with Crippen molar-refractivity contribution in [1.29, 1.82) is 0 Å². The second-order valence-corrected chi connectivity index (χ2v) is 7.69. The zero-order valence-electron chi connectivity index (χ0n) is 14.7. The molecule has 2 aliphatic carbocycles. The van der Waals surface area contributed by atoms with Crippen LogP contribution in [0.25, 0.3) is 0 Å². The number of benzene rings is 1. The summed E-state index contributed by atoms with van der Waals surface area (Å²) < 4.78 is 5.81. The molecule has 3 aliphatic rings. The van der Waals surface area contributed by atoms with E-state index in [2.05, 4.69) is 10.2 Å². The van der Waals surface area contributed by atoms with Crippen molar-refractivity contribution in [3.63, 3.8) is 0 Å². The molecule has 1 fully saturated rings. The number of hydrogen-bond donors (Lipinski definition) is 1. The molecule has 1 amide bonds. The number of anilines is 1. The lowest BCUT2D eigenvalue weighted by molar-refractivity contribution is -0.122. The van der Waals surface area contributed by atoms with Crippen molar-refractivity contribution in [2.24, 2.45) is 17.8 Å². The molecule has 134 valence electrons. The van der Waals surface area contributed by atoms with Crippen LogP contribution in [-0.4, -0.2) is 35.5 Å². The zero-order chi connectivity index (χ0) is 17.8. The molecule has 6 nitrogen and oxygen atoms in total. The highest BCUT2D eigenvalue weighted by Crippen LogP contribution is 2.48. The number of hydrogen-bond acceptors (Lipinski definition) is 4. The van der Waals surface area contributed by atoms with Gasteiger partial charge in [-0.2, -0.15) is 5.10 Å². The van der Waals surface area contributed by atoms with E-state index in [1.807, 2.05) is 24.3 Å². The predicted molar refractivity (Wildman–Crippen MR) is 95.4 cm³/mol. The Morgan fingerprint density at radius 2 is 2.12 bits per heavy atom. The number of aromatic nitrogens is 2. The maximum absolute atomic E-state index is 12.9. The molecule has 0 bridgehead atoms. The lowest BCUT2D eigenvalue weighted by Crippen LogP contribution is -2.35. The molecular formula is C20H21N3O3. The van der Waals surface area contributed by atoms with Crippen LogP contribution >= 0.6 is 0 Å². The maximum atomic E-state index is 12.9. The number of para-hydroxylation sites is 2. The third kappa shape index (κ3) is 2.43. The number of ether oxygens (including phenoxy) is 1. The molecule has 1 aromatic heterocycles. The number of H-pyrrole nitrogens is 1. The fourth-order valence-corrected chi connectivity index (χ4v) is 4.33. The number of carbonyl (C=O) groups excluding carboxylic acids is 2. The van der Waals surface area contributed by atoms with E-state index < -0.39 is 5.92 Å². The third-order valence-corrected chi connectivity index (χ3v) is 6.00. The first-order valence-corrected chi connectivity index (χ1v) is 9.20. The number of rotatable bonds is 3. The van der Waals surface area contributed by atoms with Crippen LogP contribution in [0.5, 0.6) is 5.75 Å². The van der Waals surface area contributed by atoms with E-state index in [-0.39, 0.29) is 24.7 Å². The highest BCUT2D eigenvalue weighted by Gasteiger charge is 2.43. The molecule has 26 heavy (non-hydrogen) atoms. The van der Waals surface area contributed by atoms with Gasteiger partial charge in [-0.05, 0) is 43.2 Å². The highest BCUT2D eigenvalue weighted by molar-refractivity contribution is 6.02. The van der Waals surface area contributed by atoms with Gasteiger partial charge in [-0.1, -0.05) is 12.1 Å². The minimum absolute atomic E-state index is 0.0668. The number of amides is 1. The van der Waals surface area contributed by atoms with E-state index in [0.29, 0.717) is 11.4 Å². The minimum atomic E-state index is -0.496. The zero-order valence-corrected chi connectivity index (χ0v) is 14.7. The van der Waals surface area contributed by atoms with Crippen LogP contribution in [0.4, 0.5) is 5.69 Å². The first-order chi connectivity index (χ1) is 12.6. The smallest absolute Gasteiger partial charge is 0.233 e. The standard InChI is InChI=1S/C20H21N3O3/c1-23-16-4-2-3-5-18(16)26-10-13(20(23)25)9-17(24)19-14-7-11-6-12(11)8-15(14)21-22-19/h2-5,11-13H,6-10H2,1H3,(H,21,22)/t11?,12?,13-/m0/s1. The molecule has 1 saturated carbocycles. The van der Waals surface area contributed by atoms with Crippen molar-refractivity contribution in [1.82, 2.24) is 10.2 Å². The largest absolute Gasteiger partial charge is 0.491 e. The summed E-state index contributed by atoms with van der Waals surface area (Å²) >= 11 is 0. The van der Waals surface area contributed by atoms with Gasteiger partial charge in [0.25, 0.3) is 0 Å². The molecule has 2 heterocycles. The van der Waals surface area contributed by atoms with Gasteiger partial charge >= 0.3 is 0 Å². The molecule has 0 radical (unpaired) electrons. The summed E-state index contributed by atoms with van der Waals surface area (Å²) in [5.41, 5.74) is 3.46. The van der Waals surface area contributed by atoms with Gasteiger partial charge in [-0.3, -0.25) is 14.7 Å². The van der Waals surface area contributed by atoms with Gasteiger partial charge in [0.2, 0.25) is 5.91 Å². The van der Waals surface area contributed by atoms with Gasteiger partial charge in [0.15, 0.2) is 5.78 Å². The number of ketones is 1. The Bertz CT molecular complexity index is 903. The Balaban J connectivity index is 1.36. The molecule has 1 N–H and O–H groups in total. The second kappa shape index (κ2) is 5.69. The number of nitrogens with zero attached hydrogens (tertiary/aromatic N) is 2. The fraction of sp³-hybridized carbons (Fsp3) is 0.450. The van der Waals surface area contributed by atoms with Crippen molar-refractivity contribution in [2.45, 2.75) is 25.7 Å². The van der Waals surface area contributed by atoms with Crippen LogP contribution in [-0.2, 0) is 17.6 Å². The molecule has 0 spiro atoms. The third-order valence-electron chi connectivity index (χ3n) is 6.00. The number of nitrogens with one attached hydrogen (secondary N) is 1. The molecule has 1 aliphatic heterocycles. The van der Waals surface area contributed by atoms with Crippen molar-refractivity contribution in [3.05, 3.63) is 41.2 Å². The molecule has 0 saturated heterocycles. The van der Waals surface area contributed by atoms with E-state index in [0.717, 1.165) is 41.6 Å².